The second-order valence-electron chi connectivity index (χ2n) is 6.84. The van der Waals surface area contributed by atoms with Gasteiger partial charge in [-0.05, 0) is 55.0 Å². The number of anilines is 1. The Hall–Kier alpha value is -3.87. The number of pyridine rings is 2. The Bertz CT molecular complexity index is 1330. The molecular formula is C22H14FN3O3. The molecule has 0 aliphatic carbocycles. The largest absolute Gasteiger partial charge is 0.450 e. The summed E-state index contributed by atoms with van der Waals surface area (Å²) in [4.78, 5) is 36.7. The summed E-state index contributed by atoms with van der Waals surface area (Å²) in [7, 11) is 0. The van der Waals surface area contributed by atoms with Gasteiger partial charge >= 0.3 is 0 Å². The Morgan fingerprint density at radius 3 is 2.66 bits per heavy atom. The zero-order valence-electron chi connectivity index (χ0n) is 15.3. The second kappa shape index (κ2) is 6.34. The minimum Gasteiger partial charge on any atom is -0.450 e. The van der Waals surface area contributed by atoms with Gasteiger partial charge in [0.2, 0.25) is 5.76 Å². The summed E-state index contributed by atoms with van der Waals surface area (Å²) in [5.74, 6) is -0.738. The number of aryl methyl sites for hydroxylation is 1. The van der Waals surface area contributed by atoms with Gasteiger partial charge in [-0.3, -0.25) is 19.5 Å². The molecule has 0 fully saturated rings. The minimum atomic E-state index is -0.822. The number of halogens is 1. The molecule has 0 spiro atoms. The number of hydrogen-bond donors (Lipinski definition) is 0. The number of rotatable bonds is 2. The van der Waals surface area contributed by atoms with E-state index in [-0.39, 0.29) is 22.3 Å². The summed E-state index contributed by atoms with van der Waals surface area (Å²) in [5.41, 5.74) is 1.23. The number of carbonyl (C=O) groups excluding carboxylic acids is 1. The van der Waals surface area contributed by atoms with Gasteiger partial charge in [-0.2, -0.15) is 0 Å². The quantitative estimate of drug-likeness (QED) is 0.523. The maximum atomic E-state index is 13.8. The highest BCUT2D eigenvalue weighted by Gasteiger charge is 2.44. The van der Waals surface area contributed by atoms with Crippen LogP contribution in [0.15, 0.2) is 70.1 Å². The molecule has 1 aliphatic rings. The van der Waals surface area contributed by atoms with Gasteiger partial charge in [0.25, 0.3) is 5.91 Å². The van der Waals surface area contributed by atoms with Crippen molar-refractivity contribution in [3.63, 3.8) is 0 Å². The van der Waals surface area contributed by atoms with E-state index < -0.39 is 23.2 Å². The highest BCUT2D eigenvalue weighted by atomic mass is 19.1. The molecule has 1 atom stereocenters. The van der Waals surface area contributed by atoms with Crippen LogP contribution in [0.2, 0.25) is 0 Å². The molecule has 142 valence electrons. The third-order valence-electron chi connectivity index (χ3n) is 4.95. The lowest BCUT2D eigenvalue weighted by Gasteiger charge is -2.23. The summed E-state index contributed by atoms with van der Waals surface area (Å²) in [6.45, 7) is 1.88. The van der Waals surface area contributed by atoms with Crippen LogP contribution in [0.25, 0.3) is 11.0 Å². The first-order chi connectivity index (χ1) is 14.0. The fourth-order valence-corrected chi connectivity index (χ4v) is 3.65. The van der Waals surface area contributed by atoms with E-state index in [1.807, 2.05) is 13.0 Å². The summed E-state index contributed by atoms with van der Waals surface area (Å²) < 4.78 is 19.5. The molecule has 5 rings (SSSR count). The molecular weight excluding hydrogens is 373 g/mol. The number of nitrogens with zero attached hydrogens (tertiary/aromatic N) is 3. The van der Waals surface area contributed by atoms with E-state index in [0.717, 1.165) is 11.6 Å². The molecule has 29 heavy (non-hydrogen) atoms. The molecule has 1 amide bonds. The molecule has 6 nitrogen and oxygen atoms in total. The van der Waals surface area contributed by atoms with Crippen molar-refractivity contribution in [2.75, 3.05) is 4.90 Å². The Morgan fingerprint density at radius 2 is 1.90 bits per heavy atom. The number of benzene rings is 1. The first-order valence-corrected chi connectivity index (χ1v) is 8.98. The van der Waals surface area contributed by atoms with Crippen LogP contribution < -0.4 is 10.3 Å². The van der Waals surface area contributed by atoms with Gasteiger partial charge < -0.3 is 4.42 Å². The van der Waals surface area contributed by atoms with E-state index in [1.165, 1.54) is 17.0 Å². The average molecular weight is 387 g/mol. The molecule has 3 aromatic heterocycles. The van der Waals surface area contributed by atoms with E-state index in [0.29, 0.717) is 11.5 Å². The number of aromatic nitrogens is 2. The topological polar surface area (TPSA) is 76.3 Å². The molecule has 4 heterocycles. The summed E-state index contributed by atoms with van der Waals surface area (Å²) in [5, 5.41) is 0.0801. The van der Waals surface area contributed by atoms with E-state index in [2.05, 4.69) is 9.97 Å². The van der Waals surface area contributed by atoms with Gasteiger partial charge in [0.1, 0.15) is 23.3 Å². The lowest BCUT2D eigenvalue weighted by molar-refractivity contribution is 0.0970. The molecule has 4 aromatic rings. The number of carbonyl (C=O) groups is 1. The standard InChI is InChI=1S/C22H14FN3O3/c1-12-7-9-25-17(10-12)26-19(15-4-2-3-8-24-15)18-20(27)14-11-13(23)5-6-16(14)29-21(18)22(26)28/h2-11,19H,1H3/t19-/m1/s1. The predicted octanol–water partition coefficient (Wildman–Crippen LogP) is 3.78. The van der Waals surface area contributed by atoms with Crippen LogP contribution in [-0.2, 0) is 0 Å². The van der Waals surface area contributed by atoms with Crippen LogP contribution in [0, 0.1) is 12.7 Å². The van der Waals surface area contributed by atoms with Gasteiger partial charge in [-0.15, -0.1) is 0 Å². The first-order valence-electron chi connectivity index (χ1n) is 8.98. The number of fused-ring (bicyclic) bond motifs is 2. The highest BCUT2D eigenvalue weighted by molar-refractivity contribution is 6.10. The van der Waals surface area contributed by atoms with E-state index in [4.69, 9.17) is 4.42 Å². The fourth-order valence-electron chi connectivity index (χ4n) is 3.65. The summed E-state index contributed by atoms with van der Waals surface area (Å²) >= 11 is 0. The van der Waals surface area contributed by atoms with E-state index >= 15 is 0 Å². The van der Waals surface area contributed by atoms with Crippen LogP contribution in [0.5, 0.6) is 0 Å². The molecule has 7 heteroatoms. The van der Waals surface area contributed by atoms with Crippen LogP contribution in [0.1, 0.15) is 33.4 Å². The monoisotopic (exact) mass is 387 g/mol. The Kier molecular flexibility index (Phi) is 3.77. The SMILES string of the molecule is Cc1ccnc(N2C(=O)c3oc4ccc(F)cc4c(=O)c3[C@H]2c2ccccn2)c1. The Balaban J connectivity index is 1.84. The fraction of sp³-hybridized carbons (Fsp3) is 0.0909. The molecule has 1 aliphatic heterocycles. The summed E-state index contributed by atoms with van der Waals surface area (Å²) in [6, 6.07) is 11.6. The minimum absolute atomic E-state index is 0.0759. The van der Waals surface area contributed by atoms with Crippen molar-refractivity contribution in [1.29, 1.82) is 0 Å². The van der Waals surface area contributed by atoms with Crippen molar-refractivity contribution in [2.24, 2.45) is 0 Å². The number of amides is 1. The van der Waals surface area contributed by atoms with Crippen LogP contribution >= 0.6 is 0 Å². The maximum absolute atomic E-state index is 13.8. The predicted molar refractivity (Wildman–Crippen MR) is 104 cm³/mol. The lowest BCUT2D eigenvalue weighted by Crippen LogP contribution is -2.30. The van der Waals surface area contributed by atoms with E-state index in [9.17, 15) is 14.0 Å². The summed E-state index contributed by atoms with van der Waals surface area (Å²) in [6.07, 6.45) is 3.18. The van der Waals surface area contributed by atoms with Crippen molar-refractivity contribution < 1.29 is 13.6 Å². The third kappa shape index (κ3) is 2.62. The molecule has 0 bridgehead atoms. The smallest absolute Gasteiger partial charge is 0.296 e. The number of hydrogen-bond acceptors (Lipinski definition) is 5. The normalized spacial score (nSPS) is 15.7. The molecule has 0 N–H and O–H groups in total. The van der Waals surface area contributed by atoms with Gasteiger partial charge in [0, 0.05) is 12.4 Å². The van der Waals surface area contributed by atoms with Crippen LogP contribution in [0.4, 0.5) is 10.2 Å². The van der Waals surface area contributed by atoms with Gasteiger partial charge in [0.05, 0.1) is 16.6 Å². The molecule has 0 unspecified atom stereocenters. The van der Waals surface area contributed by atoms with Crippen LogP contribution in [-0.4, -0.2) is 15.9 Å². The zero-order valence-corrected chi connectivity index (χ0v) is 15.3. The Morgan fingerprint density at radius 1 is 1.03 bits per heavy atom. The van der Waals surface area contributed by atoms with Crippen LogP contribution in [0.3, 0.4) is 0 Å². The zero-order chi connectivity index (χ0) is 20.1. The van der Waals surface area contributed by atoms with Crippen molar-refractivity contribution >= 4 is 22.7 Å². The lowest BCUT2D eigenvalue weighted by atomic mass is 10.0. The first kappa shape index (κ1) is 17.2. The molecule has 1 aromatic carbocycles. The average Bonchev–Trinajstić information content (AvgIpc) is 3.02. The van der Waals surface area contributed by atoms with Crippen molar-refractivity contribution in [2.45, 2.75) is 13.0 Å². The highest BCUT2D eigenvalue weighted by Crippen LogP contribution is 2.39. The maximum Gasteiger partial charge on any atom is 0.296 e. The van der Waals surface area contributed by atoms with E-state index in [1.54, 1.807) is 36.7 Å². The Labute approximate surface area is 164 Å². The van der Waals surface area contributed by atoms with Crippen molar-refractivity contribution in [3.05, 3.63) is 99.5 Å². The van der Waals surface area contributed by atoms with Crippen molar-refractivity contribution in [3.8, 4) is 0 Å². The molecule has 0 radical (unpaired) electrons. The van der Waals surface area contributed by atoms with Gasteiger partial charge in [-0.25, -0.2) is 9.37 Å². The molecule has 0 saturated carbocycles. The van der Waals surface area contributed by atoms with Gasteiger partial charge in [0.15, 0.2) is 5.43 Å². The molecule has 0 saturated heterocycles. The third-order valence-corrected chi connectivity index (χ3v) is 4.95. The second-order valence-corrected chi connectivity index (χ2v) is 6.84. The van der Waals surface area contributed by atoms with Gasteiger partial charge in [-0.1, -0.05) is 6.07 Å². The van der Waals surface area contributed by atoms with Crippen molar-refractivity contribution in [1.82, 2.24) is 9.97 Å².